The van der Waals surface area contributed by atoms with Crippen molar-refractivity contribution in [3.8, 4) is 0 Å². The summed E-state index contributed by atoms with van der Waals surface area (Å²) in [7, 11) is 0. The van der Waals surface area contributed by atoms with E-state index in [1.54, 1.807) is 12.1 Å². The normalized spacial score (nSPS) is 20.6. The minimum atomic E-state index is 0.0589. The molecule has 0 bridgehead atoms. The third kappa shape index (κ3) is 1.89. The molecule has 3 heterocycles. The summed E-state index contributed by atoms with van der Waals surface area (Å²) < 4.78 is 1.98. The van der Waals surface area contributed by atoms with Crippen molar-refractivity contribution >= 4 is 17.4 Å². The third-order valence-corrected chi connectivity index (χ3v) is 4.41. The summed E-state index contributed by atoms with van der Waals surface area (Å²) in [5, 5.41) is 0.750. The first-order valence-electron chi connectivity index (χ1n) is 5.63. The highest BCUT2D eigenvalue weighted by atomic mass is 32.2. The average Bonchev–Trinajstić information content (AvgIpc) is 2.86. The minimum Gasteiger partial charge on any atom is -0.343 e. The Morgan fingerprint density at radius 2 is 2.50 bits per heavy atom. The molecule has 4 heteroatoms. The summed E-state index contributed by atoms with van der Waals surface area (Å²) in [5.74, 6) is 1.29. The molecule has 3 rings (SSSR count). The van der Waals surface area contributed by atoms with E-state index in [1.807, 2.05) is 10.6 Å². The van der Waals surface area contributed by atoms with Gasteiger partial charge in [0.15, 0.2) is 5.43 Å². The number of hydrogen-bond donors (Lipinski definition) is 1. The van der Waals surface area contributed by atoms with Crippen molar-refractivity contribution in [1.29, 1.82) is 0 Å². The molecule has 0 amide bonds. The van der Waals surface area contributed by atoms with Crippen molar-refractivity contribution in [3.05, 3.63) is 40.4 Å². The lowest BCUT2D eigenvalue weighted by Crippen LogP contribution is -2.01. The molecular weight excluding hydrogens is 220 g/mol. The standard InChI is InChI=1S/C12H14N2OS/c15-10-3-4-14-8-9(13-12(14)7-10)6-11-2-1-5-16-11/h3-4,7-8,11,13H,1-2,5-6H2. The quantitative estimate of drug-likeness (QED) is 0.863. The van der Waals surface area contributed by atoms with Crippen LogP contribution in [0.1, 0.15) is 18.5 Å². The molecule has 2 aromatic heterocycles. The van der Waals surface area contributed by atoms with Gasteiger partial charge in [0.2, 0.25) is 0 Å². The van der Waals surface area contributed by atoms with Crippen molar-refractivity contribution in [2.75, 3.05) is 5.75 Å². The first-order chi connectivity index (χ1) is 7.81. The zero-order chi connectivity index (χ0) is 11.0. The van der Waals surface area contributed by atoms with Crippen LogP contribution in [0.3, 0.4) is 0 Å². The van der Waals surface area contributed by atoms with Gasteiger partial charge in [0.25, 0.3) is 0 Å². The molecule has 1 N–H and O–H groups in total. The predicted octanol–water partition coefficient (Wildman–Crippen LogP) is 2.07. The Morgan fingerprint density at radius 1 is 1.56 bits per heavy atom. The number of thioether (sulfide) groups is 1. The molecule has 84 valence electrons. The number of nitrogens with one attached hydrogen (secondary N) is 1. The lowest BCUT2D eigenvalue weighted by atomic mass is 10.2. The molecule has 1 atom stereocenters. The number of hydrogen-bond acceptors (Lipinski definition) is 2. The van der Waals surface area contributed by atoms with Crippen molar-refractivity contribution < 1.29 is 0 Å². The van der Waals surface area contributed by atoms with Crippen molar-refractivity contribution in [3.63, 3.8) is 0 Å². The molecule has 1 saturated heterocycles. The molecule has 3 nitrogen and oxygen atoms in total. The highest BCUT2D eigenvalue weighted by Crippen LogP contribution is 2.28. The molecule has 1 unspecified atom stereocenters. The van der Waals surface area contributed by atoms with Crippen LogP contribution >= 0.6 is 11.8 Å². The third-order valence-electron chi connectivity index (χ3n) is 3.01. The van der Waals surface area contributed by atoms with Gasteiger partial charge in [-0.15, -0.1) is 0 Å². The van der Waals surface area contributed by atoms with Crippen LogP contribution in [0.25, 0.3) is 5.65 Å². The molecule has 0 aromatic carbocycles. The number of fused-ring (bicyclic) bond motifs is 1. The fraction of sp³-hybridized carbons (Fsp3) is 0.417. The molecule has 1 aliphatic heterocycles. The maximum absolute atomic E-state index is 11.2. The predicted molar refractivity (Wildman–Crippen MR) is 67.2 cm³/mol. The molecule has 0 saturated carbocycles. The van der Waals surface area contributed by atoms with Gasteiger partial charge in [0, 0.05) is 41.9 Å². The van der Waals surface area contributed by atoms with Gasteiger partial charge in [-0.1, -0.05) is 0 Å². The number of H-pyrrole nitrogens is 1. The summed E-state index contributed by atoms with van der Waals surface area (Å²) in [6.45, 7) is 0. The van der Waals surface area contributed by atoms with Gasteiger partial charge >= 0.3 is 0 Å². The minimum absolute atomic E-state index is 0.0589. The SMILES string of the molecule is O=c1ccn2cc(CC3CCCS3)[nH]c2c1. The summed E-state index contributed by atoms with van der Waals surface area (Å²) in [4.78, 5) is 14.5. The van der Waals surface area contributed by atoms with Gasteiger partial charge in [0.1, 0.15) is 5.65 Å². The van der Waals surface area contributed by atoms with E-state index in [9.17, 15) is 4.79 Å². The lowest BCUT2D eigenvalue weighted by molar-refractivity contribution is 0.767. The molecule has 0 aliphatic carbocycles. The fourth-order valence-electron chi connectivity index (χ4n) is 2.22. The van der Waals surface area contributed by atoms with Crippen LogP contribution < -0.4 is 5.43 Å². The molecule has 16 heavy (non-hydrogen) atoms. The molecule has 0 radical (unpaired) electrons. The number of aromatic nitrogens is 2. The molecular formula is C12H14N2OS. The van der Waals surface area contributed by atoms with Crippen LogP contribution in [-0.4, -0.2) is 20.4 Å². The molecule has 1 aliphatic rings. The van der Waals surface area contributed by atoms with Crippen molar-refractivity contribution in [2.45, 2.75) is 24.5 Å². The highest BCUT2D eigenvalue weighted by molar-refractivity contribution is 8.00. The molecule has 2 aromatic rings. The van der Waals surface area contributed by atoms with Gasteiger partial charge in [-0.05, 0) is 18.6 Å². The van der Waals surface area contributed by atoms with Gasteiger partial charge in [-0.25, -0.2) is 0 Å². The second-order valence-electron chi connectivity index (χ2n) is 4.27. The summed E-state index contributed by atoms with van der Waals surface area (Å²) >= 11 is 2.06. The Morgan fingerprint density at radius 3 is 3.31 bits per heavy atom. The monoisotopic (exact) mass is 234 g/mol. The zero-order valence-electron chi connectivity index (χ0n) is 8.98. The van der Waals surface area contributed by atoms with E-state index < -0.39 is 0 Å². The Kier molecular flexibility index (Phi) is 2.52. The maximum Gasteiger partial charge on any atom is 0.183 e. The van der Waals surface area contributed by atoms with Crippen molar-refractivity contribution in [2.24, 2.45) is 0 Å². The van der Waals surface area contributed by atoms with Gasteiger partial charge in [-0.3, -0.25) is 4.79 Å². The summed E-state index contributed by atoms with van der Waals surface area (Å²) in [6, 6.07) is 3.24. The van der Waals surface area contributed by atoms with Crippen LogP contribution in [0.4, 0.5) is 0 Å². The number of pyridine rings is 1. The highest BCUT2D eigenvalue weighted by Gasteiger charge is 2.16. The summed E-state index contributed by atoms with van der Waals surface area (Å²) in [5.41, 5.74) is 2.18. The second kappa shape index (κ2) is 4.01. The van der Waals surface area contributed by atoms with Crippen LogP contribution in [0, 0.1) is 0 Å². The van der Waals surface area contributed by atoms with Crippen LogP contribution in [0.2, 0.25) is 0 Å². The van der Waals surface area contributed by atoms with E-state index in [2.05, 4.69) is 22.9 Å². The van der Waals surface area contributed by atoms with E-state index in [-0.39, 0.29) is 5.43 Å². The van der Waals surface area contributed by atoms with Crippen LogP contribution in [-0.2, 0) is 6.42 Å². The molecule has 1 fully saturated rings. The van der Waals surface area contributed by atoms with E-state index >= 15 is 0 Å². The average molecular weight is 234 g/mol. The Hall–Kier alpha value is -1.16. The molecule has 0 spiro atoms. The first kappa shape index (κ1) is 10.0. The maximum atomic E-state index is 11.2. The van der Waals surface area contributed by atoms with E-state index in [0.29, 0.717) is 0 Å². The number of rotatable bonds is 2. The Balaban J connectivity index is 1.89. The number of aromatic amines is 1. The van der Waals surface area contributed by atoms with Gasteiger partial charge < -0.3 is 9.38 Å². The Labute approximate surface area is 97.9 Å². The van der Waals surface area contributed by atoms with Gasteiger partial charge in [-0.2, -0.15) is 11.8 Å². The smallest absolute Gasteiger partial charge is 0.183 e. The zero-order valence-corrected chi connectivity index (χ0v) is 9.80. The fourth-order valence-corrected chi connectivity index (χ4v) is 3.52. The lowest BCUT2D eigenvalue weighted by Gasteiger charge is -2.04. The summed E-state index contributed by atoms with van der Waals surface area (Å²) in [6.07, 6.45) is 7.65. The van der Waals surface area contributed by atoms with E-state index in [4.69, 9.17) is 0 Å². The van der Waals surface area contributed by atoms with Crippen molar-refractivity contribution in [1.82, 2.24) is 9.38 Å². The number of imidazole rings is 1. The first-order valence-corrected chi connectivity index (χ1v) is 6.68. The largest absolute Gasteiger partial charge is 0.343 e. The van der Waals surface area contributed by atoms with Crippen LogP contribution in [0.15, 0.2) is 29.3 Å². The van der Waals surface area contributed by atoms with E-state index in [1.165, 1.54) is 24.3 Å². The topological polar surface area (TPSA) is 37.3 Å². The van der Waals surface area contributed by atoms with E-state index in [0.717, 1.165) is 17.3 Å². The van der Waals surface area contributed by atoms with Crippen LogP contribution in [0.5, 0.6) is 0 Å². The second-order valence-corrected chi connectivity index (χ2v) is 5.68. The number of nitrogens with zero attached hydrogens (tertiary/aromatic N) is 1. The Bertz CT molecular complexity index is 551. The van der Waals surface area contributed by atoms with Gasteiger partial charge in [0.05, 0.1) is 0 Å².